The van der Waals surface area contributed by atoms with Gasteiger partial charge < -0.3 is 0 Å². The first kappa shape index (κ1) is 13.6. The van der Waals surface area contributed by atoms with Crippen LogP contribution in [0.5, 0.6) is 0 Å². The zero-order valence-corrected chi connectivity index (χ0v) is 12.1. The third-order valence-corrected chi connectivity index (χ3v) is 5.72. The summed E-state index contributed by atoms with van der Waals surface area (Å²) in [4.78, 5) is 26.5. The van der Waals surface area contributed by atoms with Crippen molar-refractivity contribution in [1.29, 1.82) is 5.26 Å². The molecule has 4 nitrogen and oxygen atoms in total. The van der Waals surface area contributed by atoms with E-state index >= 15 is 0 Å². The second-order valence-corrected chi connectivity index (χ2v) is 6.71. The Hall–Kier alpha value is -1.37. The maximum atomic E-state index is 12.6. The molecule has 1 heterocycles. The van der Waals surface area contributed by atoms with Crippen LogP contribution in [0.25, 0.3) is 0 Å². The molecule has 3 rings (SSSR count). The molecule has 20 heavy (non-hydrogen) atoms. The van der Waals surface area contributed by atoms with E-state index in [1.807, 2.05) is 0 Å². The van der Waals surface area contributed by atoms with Gasteiger partial charge in [0.15, 0.2) is 0 Å². The average molecular weight is 274 g/mol. The van der Waals surface area contributed by atoms with Gasteiger partial charge in [-0.2, -0.15) is 5.26 Å². The number of rotatable bonds is 2. The van der Waals surface area contributed by atoms with Crippen LogP contribution in [0.2, 0.25) is 0 Å². The standard InChI is InChI=1S/C16H22N2O2/c1-2-11-5-7-16(10-17,8-6-11)18-14(19)12-3-4-13(9-12)15(18)20/h11-13H,2-9H2,1H3. The van der Waals surface area contributed by atoms with Crippen LogP contribution in [-0.4, -0.2) is 22.3 Å². The highest BCUT2D eigenvalue weighted by Crippen LogP contribution is 2.45. The summed E-state index contributed by atoms with van der Waals surface area (Å²) in [5, 5.41) is 9.69. The molecule has 3 fully saturated rings. The van der Waals surface area contributed by atoms with Gasteiger partial charge >= 0.3 is 0 Å². The van der Waals surface area contributed by atoms with E-state index in [4.69, 9.17) is 0 Å². The quantitative estimate of drug-likeness (QED) is 0.727. The molecule has 2 atom stereocenters. The molecule has 2 bridgehead atoms. The lowest BCUT2D eigenvalue weighted by molar-refractivity contribution is -0.160. The number of hydrogen-bond acceptors (Lipinski definition) is 3. The van der Waals surface area contributed by atoms with Crippen molar-refractivity contribution in [3.05, 3.63) is 0 Å². The lowest BCUT2D eigenvalue weighted by atomic mass is 9.74. The predicted molar refractivity (Wildman–Crippen MR) is 73.3 cm³/mol. The number of imide groups is 1. The summed E-state index contributed by atoms with van der Waals surface area (Å²) in [6.45, 7) is 2.17. The van der Waals surface area contributed by atoms with Crippen molar-refractivity contribution < 1.29 is 9.59 Å². The summed E-state index contributed by atoms with van der Waals surface area (Å²) in [6.07, 6.45) is 6.72. The van der Waals surface area contributed by atoms with Crippen LogP contribution in [0, 0.1) is 29.1 Å². The van der Waals surface area contributed by atoms with E-state index in [1.54, 1.807) is 0 Å². The van der Waals surface area contributed by atoms with Crippen molar-refractivity contribution in [2.45, 2.75) is 63.8 Å². The summed E-state index contributed by atoms with van der Waals surface area (Å²) < 4.78 is 0. The minimum absolute atomic E-state index is 0.00757. The number of fused-ring (bicyclic) bond motifs is 2. The van der Waals surface area contributed by atoms with Crippen LogP contribution in [0.15, 0.2) is 0 Å². The third kappa shape index (κ3) is 1.87. The van der Waals surface area contributed by atoms with Gasteiger partial charge in [-0.1, -0.05) is 13.3 Å². The minimum atomic E-state index is -0.846. The molecule has 2 amide bonds. The van der Waals surface area contributed by atoms with Crippen molar-refractivity contribution in [3.8, 4) is 6.07 Å². The van der Waals surface area contributed by atoms with Crippen molar-refractivity contribution in [1.82, 2.24) is 4.90 Å². The van der Waals surface area contributed by atoms with Crippen LogP contribution in [0.1, 0.15) is 58.3 Å². The van der Waals surface area contributed by atoms with Gasteiger partial charge in [0.25, 0.3) is 0 Å². The molecule has 3 aliphatic rings. The number of amides is 2. The Kier molecular flexibility index (Phi) is 3.32. The van der Waals surface area contributed by atoms with Gasteiger partial charge in [-0.3, -0.25) is 14.5 Å². The van der Waals surface area contributed by atoms with Gasteiger partial charge in [0.05, 0.1) is 6.07 Å². The first-order valence-electron chi connectivity index (χ1n) is 7.90. The largest absolute Gasteiger partial charge is 0.274 e. The van der Waals surface area contributed by atoms with Crippen LogP contribution >= 0.6 is 0 Å². The summed E-state index contributed by atoms with van der Waals surface area (Å²) in [7, 11) is 0. The van der Waals surface area contributed by atoms with E-state index in [0.29, 0.717) is 25.2 Å². The van der Waals surface area contributed by atoms with Crippen LogP contribution in [0.4, 0.5) is 0 Å². The van der Waals surface area contributed by atoms with Gasteiger partial charge in [0.2, 0.25) is 11.8 Å². The zero-order chi connectivity index (χ0) is 14.3. The topological polar surface area (TPSA) is 61.2 Å². The van der Waals surface area contributed by atoms with Crippen molar-refractivity contribution in [3.63, 3.8) is 0 Å². The molecule has 2 saturated carbocycles. The maximum absolute atomic E-state index is 12.6. The molecule has 0 spiro atoms. The number of likely N-dealkylation sites (tertiary alicyclic amines) is 1. The number of piperidine rings is 1. The Balaban J connectivity index is 1.88. The number of carbonyl (C=O) groups is 2. The van der Waals surface area contributed by atoms with Gasteiger partial charge in [-0.15, -0.1) is 0 Å². The Bertz CT molecular complexity index is 449. The van der Waals surface area contributed by atoms with Gasteiger partial charge in [-0.05, 0) is 50.9 Å². The molecule has 0 aromatic rings. The second kappa shape index (κ2) is 4.87. The molecular weight excluding hydrogens is 252 g/mol. The minimum Gasteiger partial charge on any atom is -0.274 e. The Morgan fingerprint density at radius 3 is 2.15 bits per heavy atom. The lowest BCUT2D eigenvalue weighted by Crippen LogP contribution is -2.59. The average Bonchev–Trinajstić information content (AvgIpc) is 2.93. The van der Waals surface area contributed by atoms with E-state index < -0.39 is 5.54 Å². The molecule has 0 N–H and O–H groups in total. The first-order chi connectivity index (χ1) is 9.61. The summed E-state index contributed by atoms with van der Waals surface area (Å²) in [6, 6.07) is 2.35. The van der Waals surface area contributed by atoms with E-state index in [9.17, 15) is 14.9 Å². The van der Waals surface area contributed by atoms with Crippen LogP contribution in [-0.2, 0) is 9.59 Å². The fourth-order valence-electron chi connectivity index (χ4n) is 4.27. The number of nitriles is 1. The summed E-state index contributed by atoms with van der Waals surface area (Å²) in [5.41, 5.74) is -0.846. The number of nitrogens with zero attached hydrogens (tertiary/aromatic N) is 2. The predicted octanol–water partition coefficient (Wildman–Crippen LogP) is 2.63. The van der Waals surface area contributed by atoms with Crippen molar-refractivity contribution in [2.75, 3.05) is 0 Å². The highest BCUT2D eigenvalue weighted by molar-refractivity contribution is 6.02. The highest BCUT2D eigenvalue weighted by atomic mass is 16.2. The third-order valence-electron chi connectivity index (χ3n) is 5.72. The summed E-state index contributed by atoms with van der Waals surface area (Å²) >= 11 is 0. The molecule has 1 saturated heterocycles. The fraction of sp³-hybridized carbons (Fsp3) is 0.812. The normalized spacial score (nSPS) is 40.8. The van der Waals surface area contributed by atoms with Gasteiger partial charge in [0.1, 0.15) is 5.54 Å². The number of carbonyl (C=O) groups excluding carboxylic acids is 2. The second-order valence-electron chi connectivity index (χ2n) is 6.71. The van der Waals surface area contributed by atoms with E-state index in [-0.39, 0.29) is 23.7 Å². The van der Waals surface area contributed by atoms with E-state index in [1.165, 1.54) is 4.90 Å². The van der Waals surface area contributed by atoms with E-state index in [0.717, 1.165) is 32.1 Å². The molecule has 0 aromatic heterocycles. The molecule has 2 aliphatic carbocycles. The Labute approximate surface area is 120 Å². The van der Waals surface area contributed by atoms with Crippen LogP contribution in [0.3, 0.4) is 0 Å². The van der Waals surface area contributed by atoms with Gasteiger partial charge in [0, 0.05) is 11.8 Å². The van der Waals surface area contributed by atoms with Gasteiger partial charge in [-0.25, -0.2) is 0 Å². The first-order valence-corrected chi connectivity index (χ1v) is 7.90. The van der Waals surface area contributed by atoms with E-state index in [2.05, 4.69) is 13.0 Å². The number of hydrogen-bond donors (Lipinski definition) is 0. The smallest absolute Gasteiger partial charge is 0.233 e. The van der Waals surface area contributed by atoms with Crippen molar-refractivity contribution in [2.24, 2.45) is 17.8 Å². The Morgan fingerprint density at radius 1 is 1.15 bits per heavy atom. The molecule has 0 radical (unpaired) electrons. The lowest BCUT2D eigenvalue weighted by Gasteiger charge is -2.45. The maximum Gasteiger partial charge on any atom is 0.233 e. The van der Waals surface area contributed by atoms with Crippen LogP contribution < -0.4 is 0 Å². The molecule has 4 heteroatoms. The SMILES string of the molecule is CCC1CCC(C#N)(N2C(=O)C3CCC(C3)C2=O)CC1. The Morgan fingerprint density at radius 2 is 1.70 bits per heavy atom. The monoisotopic (exact) mass is 274 g/mol. The summed E-state index contributed by atoms with van der Waals surface area (Å²) in [5.74, 6) is 0.488. The molecule has 1 aliphatic heterocycles. The molecule has 0 aromatic carbocycles. The van der Waals surface area contributed by atoms with Crippen molar-refractivity contribution >= 4 is 11.8 Å². The fourth-order valence-corrected chi connectivity index (χ4v) is 4.27. The highest BCUT2D eigenvalue weighted by Gasteiger charge is 2.54. The molecule has 108 valence electrons. The zero-order valence-electron chi connectivity index (χ0n) is 12.1. The molecular formula is C16H22N2O2. The molecule has 2 unspecified atom stereocenters.